The van der Waals surface area contributed by atoms with Gasteiger partial charge in [-0.15, -0.1) is 24.0 Å². The van der Waals surface area contributed by atoms with Crippen LogP contribution in [-0.2, 0) is 17.8 Å². The van der Waals surface area contributed by atoms with Gasteiger partial charge in [-0.1, -0.05) is 30.3 Å². The number of carbonyl (C=O) groups excluding carboxylic acids is 1. The third-order valence-electron chi connectivity index (χ3n) is 5.94. The summed E-state index contributed by atoms with van der Waals surface area (Å²) < 4.78 is 1.95. The number of anilines is 1. The zero-order chi connectivity index (χ0) is 23.0. The average molecular weight is 572 g/mol. The number of aryl methyl sites for hydroxylation is 2. The second kappa shape index (κ2) is 12.5. The molecular weight excluding hydrogens is 539 g/mol. The maximum absolute atomic E-state index is 11.9. The monoisotopic (exact) mass is 572 g/mol. The van der Waals surface area contributed by atoms with Gasteiger partial charge in [0.15, 0.2) is 5.96 Å². The van der Waals surface area contributed by atoms with Crippen molar-refractivity contribution in [1.29, 1.82) is 0 Å². The number of rotatable bonds is 8. The number of nitrogens with zero attached hydrogens (tertiary/aromatic N) is 4. The summed E-state index contributed by atoms with van der Waals surface area (Å²) in [5.74, 6) is 0.999. The molecule has 2 heterocycles. The highest BCUT2D eigenvalue weighted by Gasteiger charge is 2.21. The smallest absolute Gasteiger partial charge is 0.227 e. The van der Waals surface area contributed by atoms with Crippen molar-refractivity contribution in [2.45, 2.75) is 39.2 Å². The molecule has 180 valence electrons. The molecular formula is C26H33IN6O. The molecule has 1 aliphatic heterocycles. The lowest BCUT2D eigenvalue weighted by atomic mass is 10.1. The molecule has 1 fully saturated rings. The van der Waals surface area contributed by atoms with Gasteiger partial charge in [0.05, 0.1) is 11.4 Å². The number of aromatic nitrogens is 2. The first kappa shape index (κ1) is 25.7. The number of benzene rings is 2. The standard InChI is InChI=1S/C26H32N6O.HI/c1-20-22(19-32(30-20)24-9-4-3-5-10-24)8-6-16-28-26(27-2)29-18-21-12-14-23(15-13-21)31-17-7-11-25(31)33;/h3-5,9-10,12-15,19H,6-8,11,16-18H2,1-2H3,(H2,27,28,29);1H. The highest BCUT2D eigenvalue weighted by atomic mass is 127. The number of aliphatic imine (C=N–C) groups is 1. The van der Waals surface area contributed by atoms with Gasteiger partial charge in [0.1, 0.15) is 0 Å². The predicted octanol–water partition coefficient (Wildman–Crippen LogP) is 4.22. The van der Waals surface area contributed by atoms with Crippen molar-refractivity contribution >= 4 is 41.5 Å². The normalized spacial score (nSPS) is 13.6. The molecule has 4 rings (SSSR count). The van der Waals surface area contributed by atoms with E-state index in [0.29, 0.717) is 13.0 Å². The van der Waals surface area contributed by atoms with Gasteiger partial charge in [-0.3, -0.25) is 9.79 Å². The van der Waals surface area contributed by atoms with E-state index < -0.39 is 0 Å². The lowest BCUT2D eigenvalue weighted by Gasteiger charge is -2.16. The van der Waals surface area contributed by atoms with Crippen LogP contribution >= 0.6 is 24.0 Å². The summed E-state index contributed by atoms with van der Waals surface area (Å²) in [5.41, 5.74) is 5.54. The number of carbonyl (C=O) groups is 1. The van der Waals surface area contributed by atoms with E-state index in [4.69, 9.17) is 0 Å². The van der Waals surface area contributed by atoms with Crippen molar-refractivity contribution < 1.29 is 4.79 Å². The molecule has 0 spiro atoms. The number of hydrogen-bond donors (Lipinski definition) is 2. The second-order valence-electron chi connectivity index (χ2n) is 8.29. The van der Waals surface area contributed by atoms with E-state index in [1.165, 1.54) is 5.56 Å². The molecule has 1 saturated heterocycles. The van der Waals surface area contributed by atoms with Gasteiger partial charge in [0.2, 0.25) is 5.91 Å². The Hall–Kier alpha value is -2.88. The van der Waals surface area contributed by atoms with E-state index in [0.717, 1.165) is 60.9 Å². The summed E-state index contributed by atoms with van der Waals surface area (Å²) in [6, 6.07) is 18.4. The largest absolute Gasteiger partial charge is 0.356 e. The highest BCUT2D eigenvalue weighted by molar-refractivity contribution is 14.0. The SMILES string of the molecule is CN=C(NCCCc1cn(-c2ccccc2)nc1C)NCc1ccc(N2CCCC2=O)cc1.I. The molecule has 0 unspecified atom stereocenters. The van der Waals surface area contributed by atoms with Crippen LogP contribution in [0.1, 0.15) is 36.1 Å². The van der Waals surface area contributed by atoms with E-state index in [9.17, 15) is 4.79 Å². The van der Waals surface area contributed by atoms with Crippen LogP contribution in [0.5, 0.6) is 0 Å². The number of guanidine groups is 1. The lowest BCUT2D eigenvalue weighted by Crippen LogP contribution is -2.37. The minimum Gasteiger partial charge on any atom is -0.356 e. The molecule has 2 aromatic carbocycles. The van der Waals surface area contributed by atoms with Gasteiger partial charge in [-0.2, -0.15) is 5.10 Å². The molecule has 1 amide bonds. The van der Waals surface area contributed by atoms with Crippen molar-refractivity contribution in [2.75, 3.05) is 25.0 Å². The Morgan fingerprint density at radius 3 is 2.50 bits per heavy atom. The summed E-state index contributed by atoms with van der Waals surface area (Å²) >= 11 is 0. The zero-order valence-corrected chi connectivity index (χ0v) is 22.2. The Morgan fingerprint density at radius 1 is 1.06 bits per heavy atom. The van der Waals surface area contributed by atoms with Crippen LogP contribution in [0.2, 0.25) is 0 Å². The summed E-state index contributed by atoms with van der Waals surface area (Å²) in [5, 5.41) is 11.4. The lowest BCUT2D eigenvalue weighted by molar-refractivity contribution is -0.117. The Kier molecular flexibility index (Phi) is 9.50. The Balaban J connectivity index is 0.00000324. The molecule has 0 saturated carbocycles. The van der Waals surface area contributed by atoms with E-state index in [1.807, 2.05) is 39.9 Å². The highest BCUT2D eigenvalue weighted by Crippen LogP contribution is 2.21. The van der Waals surface area contributed by atoms with Gasteiger partial charge in [0.25, 0.3) is 0 Å². The zero-order valence-electron chi connectivity index (χ0n) is 19.8. The first-order chi connectivity index (χ1) is 16.1. The number of nitrogens with one attached hydrogen (secondary N) is 2. The molecule has 2 N–H and O–H groups in total. The van der Waals surface area contributed by atoms with Gasteiger partial charge < -0.3 is 15.5 Å². The number of amides is 1. The fraction of sp³-hybridized carbons (Fsp3) is 0.346. The molecule has 0 aliphatic carbocycles. The maximum Gasteiger partial charge on any atom is 0.227 e. The average Bonchev–Trinajstić information content (AvgIpc) is 3.45. The quantitative estimate of drug-likeness (QED) is 0.184. The summed E-state index contributed by atoms with van der Waals surface area (Å²) in [7, 11) is 1.78. The van der Waals surface area contributed by atoms with Gasteiger partial charge in [-0.05, 0) is 61.6 Å². The molecule has 0 bridgehead atoms. The fourth-order valence-corrected chi connectivity index (χ4v) is 4.06. The Labute approximate surface area is 218 Å². The van der Waals surface area contributed by atoms with Crippen LogP contribution in [0, 0.1) is 6.92 Å². The Morgan fingerprint density at radius 2 is 1.82 bits per heavy atom. The van der Waals surface area contributed by atoms with E-state index in [1.54, 1.807) is 7.05 Å². The summed E-state index contributed by atoms with van der Waals surface area (Å²) in [6.07, 6.45) is 5.66. The molecule has 1 aliphatic rings. The minimum atomic E-state index is 0. The van der Waals surface area contributed by atoms with Crippen LogP contribution < -0.4 is 15.5 Å². The molecule has 8 heteroatoms. The first-order valence-corrected chi connectivity index (χ1v) is 11.6. The van der Waals surface area contributed by atoms with Crippen molar-refractivity contribution in [3.63, 3.8) is 0 Å². The van der Waals surface area contributed by atoms with E-state index in [-0.39, 0.29) is 29.9 Å². The number of hydrogen-bond acceptors (Lipinski definition) is 3. The van der Waals surface area contributed by atoms with Crippen molar-refractivity contribution in [1.82, 2.24) is 20.4 Å². The minimum absolute atomic E-state index is 0. The van der Waals surface area contributed by atoms with Crippen molar-refractivity contribution in [2.24, 2.45) is 4.99 Å². The Bertz CT molecular complexity index is 1090. The second-order valence-corrected chi connectivity index (χ2v) is 8.29. The third-order valence-corrected chi connectivity index (χ3v) is 5.94. The topological polar surface area (TPSA) is 74.6 Å². The van der Waals surface area contributed by atoms with Crippen molar-refractivity contribution in [3.05, 3.63) is 77.6 Å². The number of para-hydroxylation sites is 1. The van der Waals surface area contributed by atoms with Gasteiger partial charge in [0, 0.05) is 45.0 Å². The molecule has 0 radical (unpaired) electrons. The predicted molar refractivity (Wildman–Crippen MR) is 148 cm³/mol. The molecule has 3 aromatic rings. The molecule has 0 atom stereocenters. The number of halogens is 1. The van der Waals surface area contributed by atoms with Crippen LogP contribution in [0.25, 0.3) is 5.69 Å². The maximum atomic E-state index is 11.9. The van der Waals surface area contributed by atoms with E-state index in [2.05, 4.69) is 58.1 Å². The molecule has 34 heavy (non-hydrogen) atoms. The van der Waals surface area contributed by atoms with Crippen LogP contribution in [-0.4, -0.2) is 41.8 Å². The van der Waals surface area contributed by atoms with Crippen molar-refractivity contribution in [3.8, 4) is 5.69 Å². The summed E-state index contributed by atoms with van der Waals surface area (Å²) in [4.78, 5) is 18.1. The fourth-order valence-electron chi connectivity index (χ4n) is 4.06. The first-order valence-electron chi connectivity index (χ1n) is 11.6. The third kappa shape index (κ3) is 6.59. The van der Waals surface area contributed by atoms with Crippen LogP contribution in [0.3, 0.4) is 0 Å². The van der Waals surface area contributed by atoms with Gasteiger partial charge in [-0.25, -0.2) is 4.68 Å². The van der Waals surface area contributed by atoms with Gasteiger partial charge >= 0.3 is 0 Å². The summed E-state index contributed by atoms with van der Waals surface area (Å²) in [6.45, 7) is 4.38. The van der Waals surface area contributed by atoms with E-state index >= 15 is 0 Å². The van der Waals surface area contributed by atoms with Crippen LogP contribution in [0.4, 0.5) is 5.69 Å². The van der Waals surface area contributed by atoms with Crippen LogP contribution in [0.15, 0.2) is 65.8 Å². The molecule has 7 nitrogen and oxygen atoms in total. The molecule has 1 aromatic heterocycles.